The number of hydrogen-bond acceptors (Lipinski definition) is 11. The van der Waals surface area contributed by atoms with Crippen molar-refractivity contribution in [1.29, 1.82) is 0 Å². The molecule has 3 aliphatic rings. The molecule has 2 aliphatic carbocycles. The molecule has 0 bridgehead atoms. The van der Waals surface area contributed by atoms with Crippen LogP contribution in [0.2, 0.25) is 51.4 Å². The average molecular weight is 919 g/mol. The number of fused-ring (bicyclic) bond motifs is 6. The van der Waals surface area contributed by atoms with Gasteiger partial charge in [0.05, 0.1) is 35.7 Å². The van der Waals surface area contributed by atoms with Crippen LogP contribution in [-0.2, 0) is 37.7 Å². The van der Waals surface area contributed by atoms with Crippen molar-refractivity contribution in [3.63, 3.8) is 0 Å². The number of carbonyl (C=O) groups is 1. The molecular formula is C44H66N10O6SSi2. The van der Waals surface area contributed by atoms with Crippen molar-refractivity contribution in [2.75, 3.05) is 32.1 Å². The Labute approximate surface area is 372 Å². The highest BCUT2D eigenvalue weighted by atomic mass is 32.2. The van der Waals surface area contributed by atoms with Crippen LogP contribution in [0.3, 0.4) is 0 Å². The van der Waals surface area contributed by atoms with E-state index in [0.29, 0.717) is 25.3 Å². The van der Waals surface area contributed by atoms with Crippen molar-refractivity contribution in [2.24, 2.45) is 23.5 Å². The fraction of sp³-hybridized carbons (Fsp3) is 0.614. The van der Waals surface area contributed by atoms with E-state index in [1.807, 2.05) is 35.4 Å². The van der Waals surface area contributed by atoms with E-state index >= 15 is 0 Å². The smallest absolute Gasteiger partial charge is 0.423 e. The van der Waals surface area contributed by atoms with Gasteiger partial charge in [0.15, 0.2) is 22.6 Å². The fourth-order valence-corrected chi connectivity index (χ4v) is 12.9. The van der Waals surface area contributed by atoms with Gasteiger partial charge in [-0.3, -0.25) is 8.80 Å². The maximum absolute atomic E-state index is 12.8. The molecule has 1 amide bonds. The first-order valence-corrected chi connectivity index (χ1v) is 31.6. The molecule has 342 valence electrons. The molecule has 0 aromatic carbocycles. The number of sulfonamides is 1. The predicted octanol–water partition coefficient (Wildman–Crippen LogP) is 7.75. The molecule has 6 aromatic rings. The minimum Gasteiger partial charge on any atom is -0.447 e. The number of nitrogens with two attached hydrogens (primary N) is 1. The maximum Gasteiger partial charge on any atom is 0.423 e. The lowest BCUT2D eigenvalue weighted by Gasteiger charge is -2.17. The van der Waals surface area contributed by atoms with E-state index in [-0.39, 0.29) is 42.7 Å². The van der Waals surface area contributed by atoms with E-state index in [0.717, 1.165) is 88.6 Å². The number of rotatable bonds is 15. The van der Waals surface area contributed by atoms with Crippen molar-refractivity contribution >= 4 is 65.9 Å². The fourth-order valence-electron chi connectivity index (χ4n) is 9.71. The summed E-state index contributed by atoms with van der Waals surface area (Å²) in [5.74, 6) is 1.41. The molecule has 63 heavy (non-hydrogen) atoms. The molecule has 9 rings (SSSR count). The number of carbonyl (C=O) groups excluding carboxylic acids is 1. The summed E-state index contributed by atoms with van der Waals surface area (Å²) >= 11 is 0. The van der Waals surface area contributed by atoms with Gasteiger partial charge in [0, 0.05) is 83.4 Å². The van der Waals surface area contributed by atoms with E-state index in [2.05, 4.69) is 98.7 Å². The third-order valence-electron chi connectivity index (χ3n) is 13.2. The molecule has 0 spiro atoms. The van der Waals surface area contributed by atoms with Gasteiger partial charge in [0.2, 0.25) is 10.0 Å². The van der Waals surface area contributed by atoms with Crippen LogP contribution in [0, 0.1) is 17.8 Å². The molecule has 3 fully saturated rings. The first-order valence-electron chi connectivity index (χ1n) is 22.6. The van der Waals surface area contributed by atoms with E-state index in [4.69, 9.17) is 19.9 Å². The van der Waals surface area contributed by atoms with Gasteiger partial charge in [-0.15, -0.1) is 0 Å². The van der Waals surface area contributed by atoms with Crippen molar-refractivity contribution in [2.45, 2.75) is 122 Å². The lowest BCUT2D eigenvalue weighted by molar-refractivity contribution is 0.0898. The Kier molecular flexibility index (Phi) is 13.0. The Morgan fingerprint density at radius 2 is 1.24 bits per heavy atom. The third-order valence-corrected chi connectivity index (χ3v) is 18.5. The Morgan fingerprint density at radius 3 is 1.70 bits per heavy atom. The summed E-state index contributed by atoms with van der Waals surface area (Å²) in [6.07, 6.45) is 14.5. The summed E-state index contributed by atoms with van der Waals surface area (Å²) in [4.78, 5) is 30.3. The first kappa shape index (κ1) is 45.4. The number of nitrogens with zero attached hydrogens (tertiary/aromatic N) is 9. The molecule has 19 heteroatoms. The Hall–Kier alpha value is -4.15. The minimum atomic E-state index is -3.69. The summed E-state index contributed by atoms with van der Waals surface area (Å²) in [7, 11) is -5.91. The second-order valence-electron chi connectivity index (χ2n) is 20.7. The van der Waals surface area contributed by atoms with Gasteiger partial charge in [-0.1, -0.05) is 53.1 Å². The molecule has 6 atom stereocenters. The summed E-state index contributed by atoms with van der Waals surface area (Å²) in [6, 6.07) is 6.75. The molecule has 1 aliphatic heterocycles. The standard InChI is InChI=1S/C24H35N5O5SSi.C20H31N5OSi/c1-17-11-18(15-35(31,32)28-7-8-34-24(28)30)12-19(17)21-13-25-22-14-26-23-20(29(21)22)5-6-27(23)16-33-9-10-36(2,3)4;1-14-9-15(21)10-16(14)18-11-22-19-12-23-20-17(25(18)19)5-6-24(20)13-26-7-8-27(2,3)4/h5-6,13-14,17-19H,7-12,15-16H2,1-4H3;5-6,11-12,14-16H,7-10,13,21H2,1-4H3. The average Bonchev–Trinajstić information content (AvgIpc) is 4.06. The number of ether oxygens (including phenoxy) is 3. The van der Waals surface area contributed by atoms with Gasteiger partial charge in [-0.25, -0.2) is 37.5 Å². The third kappa shape index (κ3) is 9.92. The number of cyclic esters (lactones) is 1. The number of amides is 1. The highest BCUT2D eigenvalue weighted by molar-refractivity contribution is 7.89. The Bertz CT molecular complexity index is 2680. The van der Waals surface area contributed by atoms with Gasteiger partial charge in [0.1, 0.15) is 20.1 Å². The van der Waals surface area contributed by atoms with Crippen LogP contribution >= 0.6 is 0 Å². The van der Waals surface area contributed by atoms with Crippen molar-refractivity contribution in [1.82, 2.24) is 42.2 Å². The van der Waals surface area contributed by atoms with Gasteiger partial charge in [0.25, 0.3) is 0 Å². The summed E-state index contributed by atoms with van der Waals surface area (Å²) in [6.45, 7) is 21.4. The summed E-state index contributed by atoms with van der Waals surface area (Å²) in [5.41, 5.74) is 14.1. The summed E-state index contributed by atoms with van der Waals surface area (Å²) in [5, 5.41) is 0. The zero-order valence-electron chi connectivity index (χ0n) is 38.2. The maximum atomic E-state index is 12.8. The highest BCUT2D eigenvalue weighted by Crippen LogP contribution is 2.44. The van der Waals surface area contributed by atoms with Crippen LogP contribution in [0.5, 0.6) is 0 Å². The van der Waals surface area contributed by atoms with Crippen molar-refractivity contribution in [3.8, 4) is 0 Å². The van der Waals surface area contributed by atoms with Crippen LogP contribution in [0.15, 0.2) is 49.3 Å². The number of imidazole rings is 2. The van der Waals surface area contributed by atoms with Crippen molar-refractivity contribution < 1.29 is 27.4 Å². The molecule has 0 radical (unpaired) electrons. The molecular weight excluding hydrogens is 853 g/mol. The van der Waals surface area contributed by atoms with Gasteiger partial charge >= 0.3 is 6.09 Å². The Balaban J connectivity index is 0.000000180. The SMILES string of the molecule is CC1CC(CS(=O)(=O)N2CCOC2=O)CC1c1cnc2cnc3c(ccn3COCC[Si](C)(C)C)n12.CC1CC(N)CC1c1cnc2cnc3c(ccn3COCC[Si](C)(C)C)n12. The van der Waals surface area contributed by atoms with E-state index in [1.54, 1.807) is 6.20 Å². The minimum absolute atomic E-state index is 0.0318. The predicted molar refractivity (Wildman–Crippen MR) is 251 cm³/mol. The molecule has 2 N–H and O–H groups in total. The van der Waals surface area contributed by atoms with Gasteiger partial charge < -0.3 is 29.1 Å². The lowest BCUT2D eigenvalue weighted by Crippen LogP contribution is -2.35. The van der Waals surface area contributed by atoms with Crippen LogP contribution in [0.1, 0.15) is 62.8 Å². The number of aromatic nitrogens is 8. The largest absolute Gasteiger partial charge is 0.447 e. The zero-order valence-corrected chi connectivity index (χ0v) is 41.1. The summed E-state index contributed by atoms with van der Waals surface area (Å²) < 4.78 is 51.8. The highest BCUT2D eigenvalue weighted by Gasteiger charge is 2.41. The van der Waals surface area contributed by atoms with Crippen LogP contribution in [0.4, 0.5) is 4.79 Å². The number of hydrogen-bond donors (Lipinski definition) is 1. The lowest BCUT2D eigenvalue weighted by atomic mass is 9.95. The van der Waals surface area contributed by atoms with E-state index in [9.17, 15) is 13.2 Å². The molecule has 1 saturated heterocycles. The molecule has 7 heterocycles. The monoisotopic (exact) mass is 918 g/mol. The van der Waals surface area contributed by atoms with Crippen molar-refractivity contribution in [3.05, 3.63) is 60.7 Å². The van der Waals surface area contributed by atoms with Gasteiger partial charge in [-0.2, -0.15) is 0 Å². The van der Waals surface area contributed by atoms with E-state index in [1.165, 1.54) is 11.7 Å². The second kappa shape index (κ2) is 18.0. The van der Waals surface area contributed by atoms with Gasteiger partial charge in [-0.05, 0) is 67.7 Å². The topological polar surface area (TPSA) is 178 Å². The Morgan fingerprint density at radius 1 is 0.730 bits per heavy atom. The first-order chi connectivity index (χ1) is 29.9. The van der Waals surface area contributed by atoms with E-state index < -0.39 is 32.3 Å². The molecule has 2 saturated carbocycles. The molecule has 16 nitrogen and oxygen atoms in total. The van der Waals surface area contributed by atoms with Crippen LogP contribution < -0.4 is 5.73 Å². The van der Waals surface area contributed by atoms with Crippen LogP contribution in [-0.4, -0.2) is 111 Å². The molecule has 6 unspecified atom stereocenters. The quantitative estimate of drug-likeness (QED) is 0.0787. The zero-order chi connectivity index (χ0) is 44.8. The second-order valence-corrected chi connectivity index (χ2v) is 33.8. The van der Waals surface area contributed by atoms with Crippen LogP contribution in [0.25, 0.3) is 33.6 Å². The normalized spacial score (nSPS) is 23.4. The molecule has 6 aromatic heterocycles.